The van der Waals surface area contributed by atoms with Gasteiger partial charge in [-0.2, -0.15) is 4.98 Å². The number of H-pyrrole nitrogens is 1. The van der Waals surface area contributed by atoms with Gasteiger partial charge in [0.1, 0.15) is 42.4 Å². The van der Waals surface area contributed by atoms with Crippen molar-refractivity contribution in [3.63, 3.8) is 0 Å². The summed E-state index contributed by atoms with van der Waals surface area (Å²) in [7, 11) is 0. The second-order valence-corrected chi connectivity index (χ2v) is 15.8. The van der Waals surface area contributed by atoms with Crippen molar-refractivity contribution in [1.29, 1.82) is 0 Å². The third-order valence-electron chi connectivity index (χ3n) is 7.28. The van der Waals surface area contributed by atoms with E-state index in [1.807, 2.05) is 0 Å². The topological polar surface area (TPSA) is 272 Å². The molecule has 3 fully saturated rings. The lowest BCUT2D eigenvalue weighted by Gasteiger charge is -2.27. The number of anilines is 2. The van der Waals surface area contributed by atoms with Gasteiger partial charge in [-0.25, -0.2) is 28.9 Å². The highest BCUT2D eigenvalue weighted by Crippen LogP contribution is 2.58. The number of nitrogen functional groups attached to an aromatic ring is 2. The highest BCUT2D eigenvalue weighted by Gasteiger charge is 2.53. The summed E-state index contributed by atoms with van der Waals surface area (Å²) in [5.74, 6) is -0.181. The van der Waals surface area contributed by atoms with Crippen LogP contribution in [0.3, 0.4) is 0 Å². The zero-order valence-corrected chi connectivity index (χ0v) is 25.8. The third kappa shape index (κ3) is 5.55. The standard InChI is InChI=1S/C20H23FN10O10P2S2/c21-8-12-7(39-18(8)31-5-27-10-16(31)28-20(23)29-17(10)33)2-37-43(35,45)41-13-11(32)6(1-36-42(34,44)40-12)38-19(13)30-4-26-9-14(22)24-3-25-15(9)30/h3-8,11-13,18-19,32H,1-2H2,(H,34,44)(H,35,45)(H2,22,24,25)(H3,23,28,29,33)/t6?,7-,8-,11-,12-,13-,18-,19-,42?,43?/m1/s1. The monoisotopic (exact) mass is 708 g/mol. The van der Waals surface area contributed by atoms with Crippen LogP contribution in [-0.4, -0.2) is 98.9 Å². The first kappa shape index (κ1) is 31.0. The Hall–Kier alpha value is -2.66. The fourth-order valence-electron chi connectivity index (χ4n) is 5.26. The molecule has 4 aromatic heterocycles. The van der Waals surface area contributed by atoms with E-state index in [0.29, 0.717) is 0 Å². The van der Waals surface area contributed by atoms with Crippen LogP contribution in [0.4, 0.5) is 16.2 Å². The summed E-state index contributed by atoms with van der Waals surface area (Å²) in [6.45, 7) is -9.90. The molecule has 0 aromatic carbocycles. The van der Waals surface area contributed by atoms with Crippen LogP contribution in [-0.2, 0) is 43.9 Å². The van der Waals surface area contributed by atoms with Gasteiger partial charge in [0.15, 0.2) is 41.3 Å². The van der Waals surface area contributed by atoms with E-state index in [4.69, 9.17) is 50.8 Å². The maximum atomic E-state index is 16.0. The predicted octanol–water partition coefficient (Wildman–Crippen LogP) is -0.310. The highest BCUT2D eigenvalue weighted by molar-refractivity contribution is 8.44. The predicted molar refractivity (Wildman–Crippen MR) is 156 cm³/mol. The minimum atomic E-state index is -4.41. The number of alkyl halides is 1. The summed E-state index contributed by atoms with van der Waals surface area (Å²) in [4.78, 5) is 45.8. The molecule has 7 heterocycles. The summed E-state index contributed by atoms with van der Waals surface area (Å²) >= 11 is 9.22. The van der Waals surface area contributed by atoms with Crippen molar-refractivity contribution in [1.82, 2.24) is 39.0 Å². The molecule has 3 aliphatic rings. The fraction of sp³-hybridized carbons (Fsp3) is 0.500. The number of ether oxygens (including phenoxy) is 2. The van der Waals surface area contributed by atoms with Crippen LogP contribution in [0, 0.1) is 0 Å². The van der Waals surface area contributed by atoms with Crippen molar-refractivity contribution in [3.05, 3.63) is 29.3 Å². The van der Waals surface area contributed by atoms with Crippen molar-refractivity contribution < 1.29 is 46.5 Å². The zero-order chi connectivity index (χ0) is 31.8. The third-order valence-corrected chi connectivity index (χ3v) is 10.5. The molecule has 0 aliphatic carbocycles. The molecule has 4 aromatic rings. The molecular weight excluding hydrogens is 685 g/mol. The summed E-state index contributed by atoms with van der Waals surface area (Å²) in [5, 5.41) is 11.1. The van der Waals surface area contributed by atoms with Gasteiger partial charge in [0.05, 0.1) is 25.9 Å². The Labute approximate surface area is 260 Å². The van der Waals surface area contributed by atoms with Gasteiger partial charge in [0.25, 0.3) is 5.56 Å². The van der Waals surface area contributed by atoms with Crippen molar-refractivity contribution in [2.24, 2.45) is 0 Å². The molecule has 3 saturated heterocycles. The molecule has 0 saturated carbocycles. The largest absolute Gasteiger partial charge is 0.387 e. The van der Waals surface area contributed by atoms with Crippen LogP contribution in [0.5, 0.6) is 0 Å². The number of rotatable bonds is 2. The molecule has 7 rings (SSSR count). The molecule has 0 radical (unpaired) electrons. The van der Waals surface area contributed by atoms with E-state index in [9.17, 15) is 19.4 Å². The Morgan fingerprint density at radius 3 is 2.47 bits per heavy atom. The number of halogens is 1. The number of nitrogens with one attached hydrogen (secondary N) is 1. The number of nitrogens with zero attached hydrogens (tertiary/aromatic N) is 7. The Balaban J connectivity index is 1.21. The van der Waals surface area contributed by atoms with E-state index in [2.05, 4.69) is 42.2 Å². The van der Waals surface area contributed by atoms with Crippen LogP contribution in [0.2, 0.25) is 0 Å². The molecule has 242 valence electrons. The molecule has 3 aliphatic heterocycles. The summed E-state index contributed by atoms with van der Waals surface area (Å²) in [6.07, 6.45) is -8.53. The average Bonchev–Trinajstić information content (AvgIpc) is 3.72. The first-order chi connectivity index (χ1) is 21.3. The lowest BCUT2D eigenvalue weighted by Crippen LogP contribution is -2.35. The molecule has 0 spiro atoms. The molecule has 20 nitrogen and oxygen atoms in total. The number of fused-ring (bicyclic) bond motifs is 5. The van der Waals surface area contributed by atoms with Gasteiger partial charge < -0.3 is 35.5 Å². The van der Waals surface area contributed by atoms with E-state index in [1.54, 1.807) is 0 Å². The van der Waals surface area contributed by atoms with Crippen molar-refractivity contribution in [2.45, 2.75) is 49.1 Å². The zero-order valence-electron chi connectivity index (χ0n) is 22.3. The molecule has 10 atom stereocenters. The number of hydrogen-bond donors (Lipinski definition) is 6. The minimum absolute atomic E-state index is 0.0749. The van der Waals surface area contributed by atoms with Crippen molar-refractivity contribution in [3.8, 4) is 0 Å². The SMILES string of the molecule is Nc1nc2c(ncn2[C@@H]2O[C@@H]3COP(O)(=S)O[C@@H]4[C@H](O)C(COP(=O)(S)O[C@H]3[C@H]2F)O[C@H]4n2cnc3c(N)ncnc32)c(=O)[nH]1. The number of aliphatic hydroxyl groups excluding tert-OH is 1. The number of aliphatic hydroxyl groups is 1. The molecule has 2 bridgehead atoms. The van der Waals surface area contributed by atoms with Gasteiger partial charge >= 0.3 is 13.5 Å². The lowest BCUT2D eigenvalue weighted by atomic mass is 10.1. The quantitative estimate of drug-likeness (QED) is 0.115. The fourth-order valence-corrected chi connectivity index (χ4v) is 8.16. The lowest BCUT2D eigenvalue weighted by molar-refractivity contribution is -0.0587. The van der Waals surface area contributed by atoms with E-state index in [0.717, 1.165) is 10.9 Å². The highest BCUT2D eigenvalue weighted by atomic mass is 32.7. The van der Waals surface area contributed by atoms with Gasteiger partial charge in [-0.15, -0.1) is 0 Å². The smallest absolute Gasteiger partial charge is 0.386 e. The molecule has 0 amide bonds. The van der Waals surface area contributed by atoms with Gasteiger partial charge in [-0.05, 0) is 11.8 Å². The normalized spacial score (nSPS) is 37.7. The molecule has 45 heavy (non-hydrogen) atoms. The first-order valence-corrected chi connectivity index (χ1v) is 18.2. The van der Waals surface area contributed by atoms with Gasteiger partial charge in [-0.1, -0.05) is 12.2 Å². The summed E-state index contributed by atoms with van der Waals surface area (Å²) < 4.78 is 65.8. The van der Waals surface area contributed by atoms with E-state index >= 15 is 4.39 Å². The van der Waals surface area contributed by atoms with E-state index in [1.165, 1.54) is 17.2 Å². The van der Waals surface area contributed by atoms with Crippen LogP contribution in [0.25, 0.3) is 22.3 Å². The van der Waals surface area contributed by atoms with Crippen LogP contribution >= 0.6 is 25.8 Å². The van der Waals surface area contributed by atoms with Gasteiger partial charge in [-0.3, -0.25) is 32.5 Å². The number of aromatic amines is 1. The van der Waals surface area contributed by atoms with Crippen molar-refractivity contribution >= 4 is 71.7 Å². The Kier molecular flexibility index (Phi) is 7.74. The molecule has 25 heteroatoms. The average molecular weight is 709 g/mol. The molecule has 3 unspecified atom stereocenters. The van der Waals surface area contributed by atoms with Gasteiger partial charge in [0.2, 0.25) is 5.95 Å². The minimum Gasteiger partial charge on any atom is -0.387 e. The number of imidazole rings is 2. The van der Waals surface area contributed by atoms with Crippen LogP contribution < -0.4 is 17.0 Å². The second-order valence-electron chi connectivity index (χ2n) is 10.1. The number of aromatic nitrogens is 8. The maximum Gasteiger partial charge on any atom is 0.386 e. The number of thiol groups is 1. The Bertz CT molecular complexity index is 1950. The Morgan fingerprint density at radius 1 is 1.00 bits per heavy atom. The summed E-state index contributed by atoms with van der Waals surface area (Å²) in [5.41, 5.74) is 11.1. The van der Waals surface area contributed by atoms with Gasteiger partial charge in [0, 0.05) is 0 Å². The maximum absolute atomic E-state index is 16.0. The van der Waals surface area contributed by atoms with E-state index < -0.39 is 81.4 Å². The number of hydrogen-bond acceptors (Lipinski definition) is 17. The van der Waals surface area contributed by atoms with Crippen molar-refractivity contribution in [2.75, 3.05) is 24.7 Å². The molecular formula is C20H23FN10O10P2S2. The van der Waals surface area contributed by atoms with E-state index in [-0.39, 0.29) is 34.1 Å². The second kappa shape index (κ2) is 11.2. The van der Waals surface area contributed by atoms with Crippen LogP contribution in [0.15, 0.2) is 23.8 Å². The molecule has 7 N–H and O–H groups in total. The Morgan fingerprint density at radius 2 is 1.69 bits per heavy atom. The summed E-state index contributed by atoms with van der Waals surface area (Å²) in [6, 6.07) is 0. The number of nitrogens with two attached hydrogens (primary N) is 2. The first-order valence-electron chi connectivity index (χ1n) is 12.9. The van der Waals surface area contributed by atoms with Crippen LogP contribution in [0.1, 0.15) is 12.5 Å².